The zero-order chi connectivity index (χ0) is 23.7. The summed E-state index contributed by atoms with van der Waals surface area (Å²) >= 11 is 0. The maximum Gasteiger partial charge on any atom is 0.253 e. The van der Waals surface area contributed by atoms with Crippen molar-refractivity contribution >= 4 is 17.5 Å². The number of halogens is 2. The number of aliphatic hydroxyl groups is 3. The number of anilines is 1. The van der Waals surface area contributed by atoms with Crippen molar-refractivity contribution in [1.82, 2.24) is 5.48 Å². The van der Waals surface area contributed by atoms with Crippen LogP contribution in [-0.4, -0.2) is 50.7 Å². The first-order valence-electron chi connectivity index (χ1n) is 11.0. The summed E-state index contributed by atoms with van der Waals surface area (Å²) in [5, 5.41) is 41.6. The Bertz CT molecular complexity index is 766. The van der Waals surface area contributed by atoms with Gasteiger partial charge in [-0.05, 0) is 56.1 Å². The van der Waals surface area contributed by atoms with Crippen molar-refractivity contribution in [3.63, 3.8) is 0 Å². The smallest absolute Gasteiger partial charge is 0.253 e. The maximum absolute atomic E-state index is 13.3. The van der Waals surface area contributed by atoms with Crippen molar-refractivity contribution in [1.29, 1.82) is 0 Å². The van der Waals surface area contributed by atoms with Gasteiger partial charge in [-0.3, -0.25) is 14.8 Å². The number of carbonyl (C=O) groups excluding carboxylic acids is 2. The Kier molecular flexibility index (Phi) is 10.4. The van der Waals surface area contributed by atoms with Crippen molar-refractivity contribution in [3.8, 4) is 0 Å². The third kappa shape index (κ3) is 7.77. The van der Waals surface area contributed by atoms with E-state index in [4.69, 9.17) is 5.21 Å². The summed E-state index contributed by atoms with van der Waals surface area (Å²) in [5.41, 5.74) is 1.61. The van der Waals surface area contributed by atoms with Gasteiger partial charge in [0.25, 0.3) is 5.91 Å². The molecule has 1 aromatic carbocycles. The number of nitrogens with one attached hydrogen (secondary N) is 2. The second kappa shape index (κ2) is 12.8. The highest BCUT2D eigenvalue weighted by Crippen LogP contribution is 2.39. The Labute approximate surface area is 185 Å². The molecule has 2 amide bonds. The second-order valence-corrected chi connectivity index (χ2v) is 8.40. The summed E-state index contributed by atoms with van der Waals surface area (Å²) in [7, 11) is 0. The molecule has 0 bridgehead atoms. The van der Waals surface area contributed by atoms with Gasteiger partial charge in [-0.2, -0.15) is 0 Å². The minimum Gasteiger partial charge on any atom is -0.393 e. The van der Waals surface area contributed by atoms with Crippen LogP contribution in [0.15, 0.2) is 18.2 Å². The van der Waals surface area contributed by atoms with Crippen molar-refractivity contribution in [3.05, 3.63) is 29.8 Å². The summed E-state index contributed by atoms with van der Waals surface area (Å²) in [6.07, 6.45) is 1.82. The molecular formula is C22H32F2N2O6. The van der Waals surface area contributed by atoms with E-state index in [-0.39, 0.29) is 36.8 Å². The number of unbranched alkanes of at least 4 members (excludes halogenated alkanes) is 3. The molecule has 0 saturated heterocycles. The Morgan fingerprint density at radius 1 is 1.00 bits per heavy atom. The Morgan fingerprint density at radius 2 is 1.66 bits per heavy atom. The lowest BCUT2D eigenvalue weighted by Crippen LogP contribution is -2.30. The molecule has 0 heterocycles. The molecule has 1 saturated carbocycles. The third-order valence-corrected chi connectivity index (χ3v) is 6.10. The van der Waals surface area contributed by atoms with Crippen LogP contribution in [0, 0.1) is 23.5 Å². The first-order chi connectivity index (χ1) is 15.2. The molecule has 5 unspecified atom stereocenters. The normalized spacial score (nSPS) is 23.7. The van der Waals surface area contributed by atoms with Crippen LogP contribution in [0.3, 0.4) is 0 Å². The van der Waals surface area contributed by atoms with Gasteiger partial charge in [0.1, 0.15) is 6.10 Å². The van der Waals surface area contributed by atoms with E-state index in [0.29, 0.717) is 19.3 Å². The topological polar surface area (TPSA) is 139 Å². The van der Waals surface area contributed by atoms with Gasteiger partial charge in [0.05, 0.1) is 12.2 Å². The van der Waals surface area contributed by atoms with Crippen LogP contribution in [0.1, 0.15) is 57.8 Å². The Hall–Kier alpha value is -2.14. The van der Waals surface area contributed by atoms with Crippen LogP contribution < -0.4 is 10.8 Å². The SMILES string of the molecule is O=C(CCCCCCC1C(O)CC(O)C1CCC(O)C(=O)Nc1ccc(F)c(F)c1)NO. The molecule has 180 valence electrons. The molecule has 0 aliphatic heterocycles. The summed E-state index contributed by atoms with van der Waals surface area (Å²) in [5.74, 6) is -3.76. The molecule has 1 fully saturated rings. The molecular weight excluding hydrogens is 426 g/mol. The highest BCUT2D eigenvalue weighted by Gasteiger charge is 2.41. The van der Waals surface area contributed by atoms with E-state index in [1.54, 1.807) is 5.48 Å². The molecule has 0 spiro atoms. The van der Waals surface area contributed by atoms with Gasteiger partial charge in [-0.1, -0.05) is 19.3 Å². The molecule has 1 aromatic rings. The zero-order valence-corrected chi connectivity index (χ0v) is 17.8. The molecule has 1 aliphatic carbocycles. The third-order valence-electron chi connectivity index (χ3n) is 6.10. The number of carbonyl (C=O) groups is 2. The lowest BCUT2D eigenvalue weighted by molar-refractivity contribution is -0.129. The van der Waals surface area contributed by atoms with E-state index in [2.05, 4.69) is 5.32 Å². The largest absolute Gasteiger partial charge is 0.393 e. The fourth-order valence-electron chi connectivity index (χ4n) is 4.34. The van der Waals surface area contributed by atoms with Crippen LogP contribution in [0.4, 0.5) is 14.5 Å². The van der Waals surface area contributed by atoms with Gasteiger partial charge < -0.3 is 20.6 Å². The van der Waals surface area contributed by atoms with Gasteiger partial charge >= 0.3 is 0 Å². The van der Waals surface area contributed by atoms with Crippen LogP contribution in [0.25, 0.3) is 0 Å². The Morgan fingerprint density at radius 3 is 2.31 bits per heavy atom. The van der Waals surface area contributed by atoms with Crippen molar-refractivity contribution in [2.45, 2.75) is 76.1 Å². The van der Waals surface area contributed by atoms with Crippen molar-refractivity contribution < 1.29 is 38.9 Å². The van der Waals surface area contributed by atoms with Crippen LogP contribution in [0.5, 0.6) is 0 Å². The summed E-state index contributed by atoms with van der Waals surface area (Å²) in [6, 6.07) is 2.88. The van der Waals surface area contributed by atoms with E-state index >= 15 is 0 Å². The van der Waals surface area contributed by atoms with Crippen LogP contribution in [0.2, 0.25) is 0 Å². The summed E-state index contributed by atoms with van der Waals surface area (Å²) in [6.45, 7) is 0. The monoisotopic (exact) mass is 458 g/mol. The number of hydroxylamine groups is 1. The number of hydrogen-bond donors (Lipinski definition) is 6. The standard InChI is InChI=1S/C22H32F2N2O6/c23-16-9-7-13(11-17(16)24)25-22(31)18(27)10-8-15-14(19(28)12-20(15)29)5-3-1-2-4-6-21(30)26-32/h7,9,11,14-15,18-20,27-29,32H,1-6,8,10,12H2,(H,25,31)(H,26,30). The van der Waals surface area contributed by atoms with E-state index in [1.807, 2.05) is 0 Å². The number of hydrogen-bond acceptors (Lipinski definition) is 6. The van der Waals surface area contributed by atoms with E-state index in [1.165, 1.54) is 6.07 Å². The molecule has 6 N–H and O–H groups in total. The molecule has 5 atom stereocenters. The number of rotatable bonds is 12. The fourth-order valence-corrected chi connectivity index (χ4v) is 4.34. The summed E-state index contributed by atoms with van der Waals surface area (Å²) < 4.78 is 26.2. The lowest BCUT2D eigenvalue weighted by Gasteiger charge is -2.24. The quantitative estimate of drug-likeness (QED) is 0.161. The zero-order valence-electron chi connectivity index (χ0n) is 17.8. The van der Waals surface area contributed by atoms with Crippen molar-refractivity contribution in [2.24, 2.45) is 11.8 Å². The van der Waals surface area contributed by atoms with E-state index in [0.717, 1.165) is 31.4 Å². The first kappa shape index (κ1) is 26.1. The molecule has 10 heteroatoms. The van der Waals surface area contributed by atoms with Crippen molar-refractivity contribution in [2.75, 3.05) is 5.32 Å². The average Bonchev–Trinajstić information content (AvgIpc) is 3.03. The van der Waals surface area contributed by atoms with Gasteiger partial charge in [0.2, 0.25) is 5.91 Å². The van der Waals surface area contributed by atoms with Gasteiger partial charge in [-0.25, -0.2) is 14.3 Å². The maximum atomic E-state index is 13.3. The van der Waals surface area contributed by atoms with E-state index < -0.39 is 41.8 Å². The highest BCUT2D eigenvalue weighted by atomic mass is 19.2. The number of amides is 2. The second-order valence-electron chi connectivity index (χ2n) is 8.40. The molecule has 1 aliphatic rings. The minimum absolute atomic E-state index is 0.0265. The average molecular weight is 459 g/mol. The van der Waals surface area contributed by atoms with Gasteiger partial charge in [0, 0.05) is 18.2 Å². The molecule has 8 nitrogen and oxygen atoms in total. The lowest BCUT2D eigenvalue weighted by atomic mass is 9.85. The predicted molar refractivity (Wildman–Crippen MR) is 111 cm³/mol. The summed E-state index contributed by atoms with van der Waals surface area (Å²) in [4.78, 5) is 23.1. The molecule has 0 aromatic heterocycles. The fraction of sp³-hybridized carbons (Fsp3) is 0.636. The predicted octanol–water partition coefficient (Wildman–Crippen LogP) is 2.25. The molecule has 32 heavy (non-hydrogen) atoms. The molecule has 2 rings (SSSR count). The van der Waals surface area contributed by atoms with Gasteiger partial charge in [0.15, 0.2) is 11.6 Å². The number of benzene rings is 1. The van der Waals surface area contributed by atoms with Gasteiger partial charge in [-0.15, -0.1) is 0 Å². The molecule has 0 radical (unpaired) electrons. The Balaban J connectivity index is 1.77. The number of aliphatic hydroxyl groups excluding tert-OH is 3. The minimum atomic E-state index is -1.40. The van der Waals surface area contributed by atoms with Crippen LogP contribution in [-0.2, 0) is 9.59 Å². The van der Waals surface area contributed by atoms with Crippen LogP contribution >= 0.6 is 0 Å². The first-order valence-corrected chi connectivity index (χ1v) is 11.0. The van der Waals surface area contributed by atoms with E-state index in [9.17, 15) is 33.7 Å². The highest BCUT2D eigenvalue weighted by molar-refractivity contribution is 5.93.